The number of carbonyl (C=O) groups excluding carboxylic acids is 2. The minimum atomic E-state index is -0.0930. The van der Waals surface area contributed by atoms with Gasteiger partial charge in [0.25, 0.3) is 5.91 Å². The molecule has 1 aliphatic rings. The summed E-state index contributed by atoms with van der Waals surface area (Å²) in [6.45, 7) is 1.94. The zero-order valence-electron chi connectivity index (χ0n) is 12.0. The Kier molecular flexibility index (Phi) is 5.61. The van der Waals surface area contributed by atoms with Crippen molar-refractivity contribution in [2.24, 2.45) is 0 Å². The van der Waals surface area contributed by atoms with Gasteiger partial charge < -0.3 is 14.5 Å². The molecule has 21 heavy (non-hydrogen) atoms. The van der Waals surface area contributed by atoms with E-state index in [1.807, 2.05) is 12.1 Å². The number of hydrogen-bond acceptors (Lipinski definition) is 3. The Bertz CT molecular complexity index is 504. The van der Waals surface area contributed by atoms with E-state index in [1.54, 1.807) is 29.0 Å². The van der Waals surface area contributed by atoms with Crippen LogP contribution in [0, 0.1) is 0 Å². The number of nitrogens with zero attached hydrogens (tertiary/aromatic N) is 2. The third kappa shape index (κ3) is 4.74. The van der Waals surface area contributed by atoms with Crippen LogP contribution in [-0.4, -0.2) is 54.9 Å². The Hall–Kier alpha value is -1.56. The summed E-state index contributed by atoms with van der Waals surface area (Å²) in [5.74, 6) is 0.751. The fourth-order valence-electron chi connectivity index (χ4n) is 2.12. The van der Waals surface area contributed by atoms with Crippen LogP contribution in [0.4, 0.5) is 0 Å². The van der Waals surface area contributed by atoms with Crippen LogP contribution in [0.15, 0.2) is 28.7 Å². The number of carbonyl (C=O) groups is 2. The molecule has 0 spiro atoms. The number of halogens is 1. The van der Waals surface area contributed by atoms with E-state index < -0.39 is 0 Å². The van der Waals surface area contributed by atoms with Gasteiger partial charge in [-0.3, -0.25) is 9.59 Å². The third-order valence-corrected chi connectivity index (χ3v) is 4.01. The lowest BCUT2D eigenvalue weighted by molar-refractivity contribution is -0.134. The Morgan fingerprint density at radius 3 is 2.71 bits per heavy atom. The van der Waals surface area contributed by atoms with Gasteiger partial charge in [-0.25, -0.2) is 0 Å². The summed E-state index contributed by atoms with van der Waals surface area (Å²) in [4.78, 5) is 26.9. The topological polar surface area (TPSA) is 49.9 Å². The summed E-state index contributed by atoms with van der Waals surface area (Å²) in [7, 11) is 1.73. The van der Waals surface area contributed by atoms with Crippen molar-refractivity contribution in [1.82, 2.24) is 9.80 Å². The maximum Gasteiger partial charge on any atom is 0.260 e. The van der Waals surface area contributed by atoms with Crippen LogP contribution in [0.2, 0.25) is 0 Å². The van der Waals surface area contributed by atoms with Gasteiger partial charge in [-0.15, -0.1) is 0 Å². The summed E-state index contributed by atoms with van der Waals surface area (Å²) in [6, 6.07) is 7.34. The molecule has 0 bridgehead atoms. The van der Waals surface area contributed by atoms with Gasteiger partial charge in [0, 0.05) is 37.6 Å². The van der Waals surface area contributed by atoms with Crippen LogP contribution >= 0.6 is 15.9 Å². The third-order valence-electron chi connectivity index (χ3n) is 3.48. The first kappa shape index (κ1) is 15.8. The van der Waals surface area contributed by atoms with E-state index in [1.165, 1.54) is 0 Å². The molecule has 2 amide bonds. The molecule has 0 aliphatic carbocycles. The summed E-state index contributed by atoms with van der Waals surface area (Å²) >= 11 is 3.34. The highest BCUT2D eigenvalue weighted by Gasteiger charge is 2.20. The van der Waals surface area contributed by atoms with E-state index in [2.05, 4.69) is 15.9 Å². The summed E-state index contributed by atoms with van der Waals surface area (Å²) in [5.41, 5.74) is 0. The van der Waals surface area contributed by atoms with Gasteiger partial charge in [0.1, 0.15) is 5.75 Å². The van der Waals surface area contributed by atoms with Gasteiger partial charge >= 0.3 is 0 Å². The smallest absolute Gasteiger partial charge is 0.260 e. The second-order valence-electron chi connectivity index (χ2n) is 5.04. The van der Waals surface area contributed by atoms with Gasteiger partial charge in [-0.2, -0.15) is 0 Å². The highest BCUT2D eigenvalue weighted by atomic mass is 79.9. The number of likely N-dealkylation sites (N-methyl/N-ethyl adjacent to an activating group) is 1. The van der Waals surface area contributed by atoms with Gasteiger partial charge in [0.05, 0.1) is 0 Å². The number of benzene rings is 1. The molecule has 0 N–H and O–H groups in total. The standard InChI is InChI=1S/C15H19BrN2O3/c1-17(9-10-18-8-2-3-14(18)19)15(20)11-21-13-6-4-12(16)5-7-13/h4-7H,2-3,8-11H2,1H3. The Morgan fingerprint density at radius 1 is 1.38 bits per heavy atom. The van der Waals surface area contributed by atoms with Crippen LogP contribution < -0.4 is 4.74 Å². The average Bonchev–Trinajstić information content (AvgIpc) is 2.89. The first-order chi connectivity index (χ1) is 10.1. The van der Waals surface area contributed by atoms with Crippen LogP contribution in [-0.2, 0) is 9.59 Å². The van der Waals surface area contributed by atoms with E-state index in [4.69, 9.17) is 4.74 Å². The SMILES string of the molecule is CN(CCN1CCCC1=O)C(=O)COc1ccc(Br)cc1. The summed E-state index contributed by atoms with van der Waals surface area (Å²) in [6.07, 6.45) is 1.55. The van der Waals surface area contributed by atoms with Crippen molar-refractivity contribution in [3.05, 3.63) is 28.7 Å². The first-order valence-electron chi connectivity index (χ1n) is 6.96. The first-order valence-corrected chi connectivity index (χ1v) is 7.75. The molecule has 1 aromatic carbocycles. The van der Waals surface area contributed by atoms with Crippen molar-refractivity contribution in [3.63, 3.8) is 0 Å². The molecule has 114 valence electrons. The molecule has 0 aromatic heterocycles. The van der Waals surface area contributed by atoms with Crippen molar-refractivity contribution in [3.8, 4) is 5.75 Å². The lowest BCUT2D eigenvalue weighted by Crippen LogP contribution is -2.38. The second-order valence-corrected chi connectivity index (χ2v) is 5.96. The molecule has 0 atom stereocenters. The average molecular weight is 355 g/mol. The largest absolute Gasteiger partial charge is 0.484 e. The normalized spacial score (nSPS) is 14.4. The van der Waals surface area contributed by atoms with Gasteiger partial charge in [-0.05, 0) is 30.7 Å². The molecule has 0 unspecified atom stereocenters. The van der Waals surface area contributed by atoms with Crippen molar-refractivity contribution in [1.29, 1.82) is 0 Å². The maximum atomic E-state index is 12.0. The van der Waals surface area contributed by atoms with E-state index >= 15 is 0 Å². The minimum absolute atomic E-state index is 0.00603. The summed E-state index contributed by atoms with van der Waals surface area (Å²) < 4.78 is 6.41. The molecule has 1 saturated heterocycles. The van der Waals surface area contributed by atoms with E-state index in [0.29, 0.717) is 25.3 Å². The molecule has 5 nitrogen and oxygen atoms in total. The highest BCUT2D eigenvalue weighted by molar-refractivity contribution is 9.10. The van der Waals surface area contributed by atoms with Gasteiger partial charge in [0.15, 0.2) is 6.61 Å². The van der Waals surface area contributed by atoms with Crippen molar-refractivity contribution >= 4 is 27.7 Å². The molecule has 1 aromatic rings. The fraction of sp³-hybridized carbons (Fsp3) is 0.467. The highest BCUT2D eigenvalue weighted by Crippen LogP contribution is 2.16. The van der Waals surface area contributed by atoms with Crippen LogP contribution in [0.5, 0.6) is 5.75 Å². The van der Waals surface area contributed by atoms with Crippen LogP contribution in [0.1, 0.15) is 12.8 Å². The second kappa shape index (κ2) is 7.45. The molecular weight excluding hydrogens is 336 g/mol. The Balaban J connectivity index is 1.72. The van der Waals surface area contributed by atoms with Gasteiger partial charge in [-0.1, -0.05) is 15.9 Å². The number of rotatable bonds is 6. The van der Waals surface area contributed by atoms with Crippen molar-refractivity contribution in [2.45, 2.75) is 12.8 Å². The molecule has 1 heterocycles. The van der Waals surface area contributed by atoms with Crippen molar-refractivity contribution in [2.75, 3.05) is 33.3 Å². The number of likely N-dealkylation sites (tertiary alicyclic amines) is 1. The quantitative estimate of drug-likeness (QED) is 0.783. The Labute approximate surface area is 133 Å². The van der Waals surface area contributed by atoms with Gasteiger partial charge in [0.2, 0.25) is 5.91 Å². The minimum Gasteiger partial charge on any atom is -0.484 e. The zero-order chi connectivity index (χ0) is 15.2. The predicted molar refractivity (Wildman–Crippen MR) is 83.1 cm³/mol. The van der Waals surface area contributed by atoms with E-state index in [0.717, 1.165) is 17.4 Å². The van der Waals surface area contributed by atoms with E-state index in [9.17, 15) is 9.59 Å². The van der Waals surface area contributed by atoms with Crippen LogP contribution in [0.25, 0.3) is 0 Å². The predicted octanol–water partition coefficient (Wildman–Crippen LogP) is 1.91. The van der Waals surface area contributed by atoms with Crippen LogP contribution in [0.3, 0.4) is 0 Å². The molecule has 1 fully saturated rings. The monoisotopic (exact) mass is 354 g/mol. The zero-order valence-corrected chi connectivity index (χ0v) is 13.6. The molecule has 6 heteroatoms. The molecule has 0 radical (unpaired) electrons. The lowest BCUT2D eigenvalue weighted by Gasteiger charge is -2.21. The fourth-order valence-corrected chi connectivity index (χ4v) is 2.39. The molecule has 1 aliphatic heterocycles. The Morgan fingerprint density at radius 2 is 2.10 bits per heavy atom. The number of amides is 2. The number of ether oxygens (including phenoxy) is 1. The number of hydrogen-bond donors (Lipinski definition) is 0. The maximum absolute atomic E-state index is 12.0. The molecule has 2 rings (SSSR count). The lowest BCUT2D eigenvalue weighted by atomic mass is 10.3. The summed E-state index contributed by atoms with van der Waals surface area (Å²) in [5, 5.41) is 0. The molecule has 0 saturated carbocycles. The van der Waals surface area contributed by atoms with Crippen molar-refractivity contribution < 1.29 is 14.3 Å². The van der Waals surface area contributed by atoms with E-state index in [-0.39, 0.29) is 18.4 Å². The molecular formula is C15H19BrN2O3.